The van der Waals surface area contributed by atoms with E-state index in [4.69, 9.17) is 0 Å². The Morgan fingerprint density at radius 2 is 1.61 bits per heavy atom. The second-order valence-electron chi connectivity index (χ2n) is 10.4. The molecule has 1 aliphatic heterocycles. The summed E-state index contributed by atoms with van der Waals surface area (Å²) >= 11 is 0. The van der Waals surface area contributed by atoms with E-state index in [0.717, 1.165) is 60.7 Å². The summed E-state index contributed by atoms with van der Waals surface area (Å²) in [5, 5.41) is 4.06. The van der Waals surface area contributed by atoms with Gasteiger partial charge in [-0.25, -0.2) is 4.72 Å². The summed E-state index contributed by atoms with van der Waals surface area (Å²) in [7, 11) is -2.49. The second-order valence-corrected chi connectivity index (χ2v) is 12.2. The Hall–Kier alpha value is -3.17. The van der Waals surface area contributed by atoms with Crippen LogP contribution < -0.4 is 10.0 Å². The molecule has 9 heteroatoms. The van der Waals surface area contributed by atoms with Gasteiger partial charge in [-0.15, -0.1) is 0 Å². The molecule has 2 bridgehead atoms. The molecule has 5 rings (SSSR count). The van der Waals surface area contributed by atoms with Crippen molar-refractivity contribution in [2.24, 2.45) is 0 Å². The Balaban J connectivity index is 1.70. The van der Waals surface area contributed by atoms with Crippen LogP contribution in [0, 0.1) is 0 Å². The molecule has 3 aromatic rings. The van der Waals surface area contributed by atoms with Gasteiger partial charge in [-0.1, -0.05) is 62.1 Å². The van der Waals surface area contributed by atoms with Crippen LogP contribution in [0.1, 0.15) is 73.2 Å². The Morgan fingerprint density at radius 3 is 2.37 bits per heavy atom. The number of rotatable bonds is 2. The Kier molecular flexibility index (Phi) is 7.85. The minimum absolute atomic E-state index is 0.0732. The smallest absolute Gasteiger partial charge is 0.303 e. The normalized spacial score (nSPS) is 20.3. The van der Waals surface area contributed by atoms with Crippen LogP contribution in [0.5, 0.6) is 0 Å². The number of benzene rings is 2. The van der Waals surface area contributed by atoms with Crippen LogP contribution in [0.2, 0.25) is 0 Å². The summed E-state index contributed by atoms with van der Waals surface area (Å²) < 4.78 is 31.0. The molecular formula is C29H36N4O4S. The molecule has 0 radical (unpaired) electrons. The number of nitrogens with one attached hydrogen (secondary N) is 2. The third-order valence-corrected chi connectivity index (χ3v) is 9.28. The average Bonchev–Trinajstić information content (AvgIpc) is 3.23. The zero-order chi connectivity index (χ0) is 26.7. The largest absolute Gasteiger partial charge is 0.355 e. The van der Waals surface area contributed by atoms with E-state index in [9.17, 15) is 18.0 Å². The fraction of sp³-hybridized carbons (Fsp3) is 0.448. The molecule has 2 heterocycles. The first kappa shape index (κ1) is 26.4. The molecule has 202 valence electrons. The van der Waals surface area contributed by atoms with E-state index in [0.29, 0.717) is 25.4 Å². The third kappa shape index (κ3) is 5.49. The number of hydrogen-bond acceptors (Lipinski definition) is 4. The van der Waals surface area contributed by atoms with Gasteiger partial charge >= 0.3 is 10.2 Å². The fourth-order valence-corrected chi connectivity index (χ4v) is 6.71. The van der Waals surface area contributed by atoms with Crippen LogP contribution in [-0.4, -0.2) is 49.2 Å². The Morgan fingerprint density at radius 1 is 0.868 bits per heavy atom. The number of amides is 2. The second kappa shape index (κ2) is 11.3. The lowest BCUT2D eigenvalue weighted by Crippen LogP contribution is -2.42. The van der Waals surface area contributed by atoms with Gasteiger partial charge in [0.15, 0.2) is 0 Å². The van der Waals surface area contributed by atoms with Crippen molar-refractivity contribution >= 4 is 32.9 Å². The molecule has 2 amide bonds. The predicted octanol–water partition coefficient (Wildman–Crippen LogP) is 4.56. The van der Waals surface area contributed by atoms with Crippen molar-refractivity contribution in [2.75, 3.05) is 20.1 Å². The molecular weight excluding hydrogens is 500 g/mol. The summed E-state index contributed by atoms with van der Waals surface area (Å²) in [4.78, 5) is 26.3. The maximum absolute atomic E-state index is 13.2. The zero-order valence-corrected chi connectivity index (χ0v) is 22.7. The lowest BCUT2D eigenvalue weighted by atomic mass is 9.82. The van der Waals surface area contributed by atoms with E-state index in [2.05, 4.69) is 22.2 Å². The summed E-state index contributed by atoms with van der Waals surface area (Å²) in [6.07, 6.45) is 7.87. The van der Waals surface area contributed by atoms with Gasteiger partial charge in [0.1, 0.15) is 6.54 Å². The first-order chi connectivity index (χ1) is 18.3. The highest BCUT2D eigenvalue weighted by Crippen LogP contribution is 2.44. The standard InChI is InChI=1S/C29H36N4O4S/c1-32-18-10-4-9-17-30-26(34)20-33-25-19-23(29(35)31-38(32,36)37)15-16-24(25)27(21-11-5-2-6-12-21)28(33)22-13-7-3-8-14-22/h3,7-8,13-16,19,21H,2,4-6,9-12,17-18,20H2,1H3,(H,30,34)(H,31,35). The highest BCUT2D eigenvalue weighted by molar-refractivity contribution is 7.87. The van der Waals surface area contributed by atoms with Crippen molar-refractivity contribution in [3.05, 3.63) is 59.7 Å². The van der Waals surface area contributed by atoms with Crippen molar-refractivity contribution in [3.8, 4) is 11.3 Å². The van der Waals surface area contributed by atoms with Gasteiger partial charge in [0.2, 0.25) is 5.91 Å². The predicted molar refractivity (Wildman–Crippen MR) is 149 cm³/mol. The van der Waals surface area contributed by atoms with Crippen LogP contribution in [0.3, 0.4) is 0 Å². The number of aromatic nitrogens is 1. The van der Waals surface area contributed by atoms with Crippen LogP contribution in [-0.2, 0) is 21.5 Å². The Labute approximate surface area is 224 Å². The monoisotopic (exact) mass is 536 g/mol. The molecule has 1 saturated carbocycles. The highest BCUT2D eigenvalue weighted by Gasteiger charge is 2.28. The van der Waals surface area contributed by atoms with Crippen LogP contribution >= 0.6 is 0 Å². The van der Waals surface area contributed by atoms with Crippen molar-refractivity contribution in [2.45, 2.75) is 63.8 Å². The lowest BCUT2D eigenvalue weighted by Gasteiger charge is -2.23. The summed E-state index contributed by atoms with van der Waals surface area (Å²) in [6.45, 7) is 0.954. The van der Waals surface area contributed by atoms with Gasteiger partial charge in [0.25, 0.3) is 5.91 Å². The van der Waals surface area contributed by atoms with Gasteiger partial charge in [-0.05, 0) is 54.9 Å². The SMILES string of the molecule is CN1CCCCCNC(=O)Cn2c(-c3ccccc3)c(C3CCCCC3)c3ccc(cc32)C(=O)NS1(=O)=O. The van der Waals surface area contributed by atoms with Crippen LogP contribution in [0.25, 0.3) is 22.2 Å². The van der Waals surface area contributed by atoms with Gasteiger partial charge < -0.3 is 9.88 Å². The van der Waals surface area contributed by atoms with E-state index in [1.807, 2.05) is 28.8 Å². The molecule has 8 nitrogen and oxygen atoms in total. The third-order valence-electron chi connectivity index (χ3n) is 7.83. The number of carbonyl (C=O) groups is 2. The van der Waals surface area contributed by atoms with E-state index in [-0.39, 0.29) is 18.0 Å². The number of nitrogens with zero attached hydrogens (tertiary/aromatic N) is 2. The van der Waals surface area contributed by atoms with Gasteiger partial charge in [0.05, 0.1) is 11.2 Å². The minimum atomic E-state index is -3.96. The molecule has 0 spiro atoms. The Bertz CT molecular complexity index is 1430. The van der Waals surface area contributed by atoms with Crippen molar-refractivity contribution in [1.29, 1.82) is 0 Å². The maximum Gasteiger partial charge on any atom is 0.303 e. The van der Waals surface area contributed by atoms with Gasteiger partial charge in [-0.2, -0.15) is 12.7 Å². The van der Waals surface area contributed by atoms with E-state index < -0.39 is 16.1 Å². The summed E-state index contributed by atoms with van der Waals surface area (Å²) in [5.41, 5.74) is 4.27. The minimum Gasteiger partial charge on any atom is -0.355 e. The quantitative estimate of drug-likeness (QED) is 0.501. The summed E-state index contributed by atoms with van der Waals surface area (Å²) in [6, 6.07) is 15.5. The number of fused-ring (bicyclic) bond motifs is 1. The van der Waals surface area contributed by atoms with Crippen molar-refractivity contribution in [1.82, 2.24) is 18.9 Å². The van der Waals surface area contributed by atoms with Crippen molar-refractivity contribution < 1.29 is 18.0 Å². The zero-order valence-electron chi connectivity index (χ0n) is 21.9. The molecule has 0 saturated heterocycles. The number of carbonyl (C=O) groups excluding carboxylic acids is 2. The lowest BCUT2D eigenvalue weighted by molar-refractivity contribution is -0.121. The van der Waals surface area contributed by atoms with Crippen molar-refractivity contribution in [3.63, 3.8) is 0 Å². The maximum atomic E-state index is 13.2. The topological polar surface area (TPSA) is 101 Å². The van der Waals surface area contributed by atoms with Gasteiger partial charge in [0, 0.05) is 31.1 Å². The molecule has 1 aliphatic carbocycles. The van der Waals surface area contributed by atoms with Crippen LogP contribution in [0.15, 0.2) is 48.5 Å². The molecule has 0 atom stereocenters. The molecule has 2 aliphatic rings. The van der Waals surface area contributed by atoms with E-state index in [1.165, 1.54) is 23.3 Å². The first-order valence-corrected chi connectivity index (χ1v) is 15.1. The number of hydrogen-bond donors (Lipinski definition) is 2. The fourth-order valence-electron chi connectivity index (χ4n) is 5.83. The molecule has 2 aromatic carbocycles. The molecule has 2 N–H and O–H groups in total. The molecule has 0 unspecified atom stereocenters. The van der Waals surface area contributed by atoms with Gasteiger partial charge in [-0.3, -0.25) is 9.59 Å². The van der Waals surface area contributed by atoms with E-state index in [1.54, 1.807) is 12.1 Å². The molecule has 1 aromatic heterocycles. The van der Waals surface area contributed by atoms with E-state index >= 15 is 0 Å². The average molecular weight is 537 g/mol. The first-order valence-electron chi connectivity index (χ1n) is 13.6. The van der Waals surface area contributed by atoms with Crippen LogP contribution in [0.4, 0.5) is 0 Å². The summed E-state index contributed by atoms with van der Waals surface area (Å²) in [5.74, 6) is -0.395. The molecule has 1 fully saturated rings. The molecule has 38 heavy (non-hydrogen) atoms. The highest BCUT2D eigenvalue weighted by atomic mass is 32.2.